The van der Waals surface area contributed by atoms with E-state index < -0.39 is 36.0 Å². The van der Waals surface area contributed by atoms with Crippen LogP contribution in [-0.2, 0) is 14.3 Å². The molecule has 0 bridgehead atoms. The number of nitrogens with one attached hydrogen (secondary N) is 2. The molecular weight excluding hydrogens is 382 g/mol. The van der Waals surface area contributed by atoms with Gasteiger partial charge in [-0.3, -0.25) is 14.9 Å². The first kappa shape index (κ1) is 21.8. The number of amides is 4. The fraction of sp³-hybridized carbons (Fsp3) is 0.375. The maximum atomic E-state index is 12.3. The Kier molecular flexibility index (Phi) is 8.94. The summed E-state index contributed by atoms with van der Waals surface area (Å²) in [6, 6.07) is 4.17. The molecule has 142 valence electrons. The predicted molar refractivity (Wildman–Crippen MR) is 99.0 cm³/mol. The molecule has 1 aromatic carbocycles. The zero-order valence-corrected chi connectivity index (χ0v) is 15.9. The summed E-state index contributed by atoms with van der Waals surface area (Å²) in [5, 5.41) is 4.88. The molecule has 0 aliphatic heterocycles. The van der Waals surface area contributed by atoms with Crippen molar-refractivity contribution in [3.8, 4) is 0 Å². The molecule has 0 heterocycles. The highest BCUT2D eigenvalue weighted by molar-refractivity contribution is 7.98. The number of imide groups is 1. The summed E-state index contributed by atoms with van der Waals surface area (Å²) in [4.78, 5) is 46.9. The number of primary amides is 1. The van der Waals surface area contributed by atoms with E-state index in [1.165, 1.54) is 30.8 Å². The number of halogens is 1. The second-order valence-corrected chi connectivity index (χ2v) is 6.67. The maximum absolute atomic E-state index is 12.3. The van der Waals surface area contributed by atoms with Crippen molar-refractivity contribution in [2.75, 3.05) is 12.0 Å². The minimum absolute atomic E-state index is 0.309. The van der Waals surface area contributed by atoms with Gasteiger partial charge in [0.25, 0.3) is 11.8 Å². The highest BCUT2D eigenvalue weighted by Gasteiger charge is 2.27. The second-order valence-electron chi connectivity index (χ2n) is 5.25. The number of rotatable bonds is 8. The molecule has 2 atom stereocenters. The molecule has 0 unspecified atom stereocenters. The van der Waals surface area contributed by atoms with Crippen molar-refractivity contribution in [1.82, 2.24) is 10.6 Å². The monoisotopic (exact) mass is 401 g/mol. The first-order valence-corrected chi connectivity index (χ1v) is 9.38. The second kappa shape index (κ2) is 10.7. The summed E-state index contributed by atoms with van der Waals surface area (Å²) in [5.74, 6) is -1.52. The van der Waals surface area contributed by atoms with Gasteiger partial charge in [-0.05, 0) is 49.6 Å². The summed E-state index contributed by atoms with van der Waals surface area (Å²) in [6.45, 7) is 1.29. The molecule has 8 nitrogen and oxygen atoms in total. The molecule has 0 aromatic heterocycles. The van der Waals surface area contributed by atoms with Crippen LogP contribution in [0.25, 0.3) is 0 Å². The number of esters is 1. The van der Waals surface area contributed by atoms with Crippen molar-refractivity contribution in [1.29, 1.82) is 0 Å². The zero-order chi connectivity index (χ0) is 19.7. The zero-order valence-electron chi connectivity index (χ0n) is 14.3. The SMILES string of the molecule is CSCC[C@H](NC(=O)c1ccc(Cl)cc1)C(=O)O[C@H](C)C(=O)NC(N)=O. The summed E-state index contributed by atoms with van der Waals surface area (Å²) >= 11 is 7.27. The normalized spacial score (nSPS) is 12.6. The highest BCUT2D eigenvalue weighted by atomic mass is 35.5. The van der Waals surface area contributed by atoms with Crippen LogP contribution in [-0.4, -0.2) is 48.0 Å². The summed E-state index contributed by atoms with van der Waals surface area (Å²) in [5.41, 5.74) is 5.18. The van der Waals surface area contributed by atoms with E-state index in [-0.39, 0.29) is 0 Å². The third-order valence-electron chi connectivity index (χ3n) is 3.22. The average molecular weight is 402 g/mol. The number of carbonyl (C=O) groups excluding carboxylic acids is 4. The van der Waals surface area contributed by atoms with Crippen LogP contribution >= 0.6 is 23.4 Å². The van der Waals surface area contributed by atoms with Crippen LogP contribution in [0.15, 0.2) is 24.3 Å². The van der Waals surface area contributed by atoms with Crippen LogP contribution in [0.3, 0.4) is 0 Å². The van der Waals surface area contributed by atoms with Crippen LogP contribution in [0.5, 0.6) is 0 Å². The molecule has 1 aromatic rings. The number of carbonyl (C=O) groups is 4. The fourth-order valence-electron chi connectivity index (χ4n) is 1.86. The van der Waals surface area contributed by atoms with Crippen LogP contribution in [0.2, 0.25) is 5.02 Å². The molecule has 26 heavy (non-hydrogen) atoms. The molecule has 4 amide bonds. The summed E-state index contributed by atoms with van der Waals surface area (Å²) in [6.07, 6.45) is 0.926. The Balaban J connectivity index is 2.76. The van der Waals surface area contributed by atoms with Gasteiger partial charge in [0.05, 0.1) is 0 Å². The average Bonchev–Trinajstić information content (AvgIpc) is 2.58. The number of ether oxygens (including phenoxy) is 1. The minimum atomic E-state index is -1.24. The van der Waals surface area contributed by atoms with Crippen molar-refractivity contribution in [2.24, 2.45) is 5.73 Å². The topological polar surface area (TPSA) is 128 Å². The van der Waals surface area contributed by atoms with E-state index in [1.54, 1.807) is 12.1 Å². The van der Waals surface area contributed by atoms with E-state index in [4.69, 9.17) is 22.1 Å². The molecule has 0 aliphatic carbocycles. The van der Waals surface area contributed by atoms with Gasteiger partial charge in [-0.25, -0.2) is 9.59 Å². The quantitative estimate of drug-likeness (QED) is 0.563. The summed E-state index contributed by atoms with van der Waals surface area (Å²) < 4.78 is 5.02. The van der Waals surface area contributed by atoms with Crippen molar-refractivity contribution >= 4 is 47.2 Å². The van der Waals surface area contributed by atoms with Crippen LogP contribution in [0.1, 0.15) is 23.7 Å². The van der Waals surface area contributed by atoms with E-state index in [2.05, 4.69) is 5.32 Å². The van der Waals surface area contributed by atoms with Crippen molar-refractivity contribution in [2.45, 2.75) is 25.5 Å². The van der Waals surface area contributed by atoms with Gasteiger partial charge in [0.2, 0.25) is 0 Å². The molecule has 0 saturated heterocycles. The van der Waals surface area contributed by atoms with Crippen molar-refractivity contribution in [3.05, 3.63) is 34.9 Å². The van der Waals surface area contributed by atoms with Gasteiger partial charge in [-0.15, -0.1) is 0 Å². The van der Waals surface area contributed by atoms with Crippen LogP contribution in [0.4, 0.5) is 4.79 Å². The van der Waals surface area contributed by atoms with Crippen LogP contribution in [0, 0.1) is 0 Å². The molecule has 0 saturated carbocycles. The standard InChI is InChI=1S/C16H20ClN3O5S/c1-9(13(21)20-16(18)24)25-15(23)12(7-8-26-2)19-14(22)10-3-5-11(17)6-4-10/h3-6,9,12H,7-8H2,1-2H3,(H,19,22)(H3,18,20,21,24)/t9-,12+/m1/s1. The number of thioether (sulfide) groups is 1. The largest absolute Gasteiger partial charge is 0.451 e. The number of nitrogens with two attached hydrogens (primary N) is 1. The first-order chi connectivity index (χ1) is 12.2. The van der Waals surface area contributed by atoms with Crippen LogP contribution < -0.4 is 16.4 Å². The van der Waals surface area contributed by atoms with Crippen molar-refractivity contribution in [3.63, 3.8) is 0 Å². The molecule has 1 rings (SSSR count). The van der Waals surface area contributed by atoms with E-state index in [9.17, 15) is 19.2 Å². The molecule has 0 aliphatic rings. The van der Waals surface area contributed by atoms with Gasteiger partial charge < -0.3 is 15.8 Å². The smallest absolute Gasteiger partial charge is 0.329 e. The molecule has 0 radical (unpaired) electrons. The predicted octanol–water partition coefficient (Wildman–Crippen LogP) is 1.32. The third-order valence-corrected chi connectivity index (χ3v) is 4.11. The molecule has 10 heteroatoms. The Hall–Kier alpha value is -2.26. The lowest BCUT2D eigenvalue weighted by molar-refractivity contribution is -0.156. The van der Waals surface area contributed by atoms with E-state index in [1.807, 2.05) is 11.6 Å². The van der Waals surface area contributed by atoms with Gasteiger partial charge in [-0.1, -0.05) is 11.6 Å². The number of urea groups is 1. The van der Waals surface area contributed by atoms with Gasteiger partial charge >= 0.3 is 12.0 Å². The Morgan fingerprint density at radius 2 is 1.85 bits per heavy atom. The molecule has 0 spiro atoms. The van der Waals surface area contributed by atoms with E-state index in [0.717, 1.165) is 0 Å². The van der Waals surface area contributed by atoms with Gasteiger partial charge in [0.15, 0.2) is 6.10 Å². The van der Waals surface area contributed by atoms with E-state index >= 15 is 0 Å². The summed E-state index contributed by atoms with van der Waals surface area (Å²) in [7, 11) is 0. The Morgan fingerprint density at radius 1 is 1.23 bits per heavy atom. The van der Waals surface area contributed by atoms with Gasteiger partial charge in [0.1, 0.15) is 6.04 Å². The Bertz CT molecular complexity index is 668. The minimum Gasteiger partial charge on any atom is -0.451 e. The van der Waals surface area contributed by atoms with Gasteiger partial charge in [-0.2, -0.15) is 11.8 Å². The first-order valence-electron chi connectivity index (χ1n) is 7.60. The molecular formula is C16H20ClN3O5S. The van der Waals surface area contributed by atoms with Crippen molar-refractivity contribution < 1.29 is 23.9 Å². The number of hydrogen-bond acceptors (Lipinski definition) is 6. The third kappa shape index (κ3) is 7.32. The maximum Gasteiger partial charge on any atom is 0.329 e. The lowest BCUT2D eigenvalue weighted by Crippen LogP contribution is -2.47. The molecule has 4 N–H and O–H groups in total. The number of benzene rings is 1. The lowest BCUT2D eigenvalue weighted by Gasteiger charge is -2.20. The van der Waals surface area contributed by atoms with Gasteiger partial charge in [0, 0.05) is 10.6 Å². The lowest BCUT2D eigenvalue weighted by atomic mass is 10.1. The molecule has 0 fully saturated rings. The number of hydrogen-bond donors (Lipinski definition) is 3. The van der Waals surface area contributed by atoms with E-state index in [0.29, 0.717) is 22.8 Å². The highest BCUT2D eigenvalue weighted by Crippen LogP contribution is 2.11. The Labute approximate surface area is 160 Å². The Morgan fingerprint density at radius 3 is 2.38 bits per heavy atom. The fourth-order valence-corrected chi connectivity index (χ4v) is 2.46.